The van der Waals surface area contributed by atoms with E-state index >= 15 is 0 Å². The Labute approximate surface area is 201 Å². The number of carboxylic acid groups (broad SMARTS) is 1. The predicted molar refractivity (Wildman–Crippen MR) is 124 cm³/mol. The van der Waals surface area contributed by atoms with Crippen molar-refractivity contribution in [3.63, 3.8) is 0 Å². The Kier molecular flexibility index (Phi) is 7.05. The van der Waals surface area contributed by atoms with Crippen LogP contribution in [0.4, 0.5) is 13.6 Å². The number of rotatable bonds is 10. The number of halogens is 2. The number of alkyl carbamates (subject to hydrolysis) is 1. The molecule has 2 amide bonds. The molecule has 2 aliphatic rings. The second-order valence-corrected chi connectivity index (χ2v) is 9.06. The molecule has 2 unspecified atom stereocenters. The van der Waals surface area contributed by atoms with E-state index in [0.717, 1.165) is 22.3 Å². The summed E-state index contributed by atoms with van der Waals surface area (Å²) in [4.78, 5) is 35.7. The Morgan fingerprint density at radius 3 is 2.20 bits per heavy atom. The minimum Gasteiger partial charge on any atom is -0.481 e. The SMILES string of the molecule is CCC[C@H](CC(=O)NCC1C(C(=O)O)C1(F)F)NC(=O)OCC1c2ccccc2-c2ccccc21. The van der Waals surface area contributed by atoms with Crippen LogP contribution >= 0.6 is 0 Å². The molecule has 186 valence electrons. The number of ether oxygens (including phenoxy) is 1. The Morgan fingerprint density at radius 2 is 1.66 bits per heavy atom. The summed E-state index contributed by atoms with van der Waals surface area (Å²) < 4.78 is 32.5. The van der Waals surface area contributed by atoms with Crippen LogP contribution in [0.15, 0.2) is 48.5 Å². The van der Waals surface area contributed by atoms with Gasteiger partial charge in [0.25, 0.3) is 5.92 Å². The van der Waals surface area contributed by atoms with Crippen molar-refractivity contribution < 1.29 is 33.0 Å². The lowest BCUT2D eigenvalue weighted by atomic mass is 9.98. The van der Waals surface area contributed by atoms with Crippen molar-refractivity contribution in [3.8, 4) is 11.1 Å². The monoisotopic (exact) mass is 486 g/mol. The molecular formula is C26H28F2N2O5. The number of aliphatic carboxylic acids is 1. The molecule has 0 saturated heterocycles. The fraction of sp³-hybridized carbons (Fsp3) is 0.423. The van der Waals surface area contributed by atoms with Gasteiger partial charge in [0.15, 0.2) is 0 Å². The number of nitrogens with one attached hydrogen (secondary N) is 2. The first-order valence-electron chi connectivity index (χ1n) is 11.7. The van der Waals surface area contributed by atoms with Gasteiger partial charge < -0.3 is 20.5 Å². The summed E-state index contributed by atoms with van der Waals surface area (Å²) in [7, 11) is 0. The Hall–Kier alpha value is -3.49. The minimum atomic E-state index is -3.32. The van der Waals surface area contributed by atoms with Crippen LogP contribution in [-0.2, 0) is 14.3 Å². The molecule has 1 saturated carbocycles. The number of carbonyl (C=O) groups excluding carboxylic acids is 2. The lowest BCUT2D eigenvalue weighted by Crippen LogP contribution is -2.40. The quantitative estimate of drug-likeness (QED) is 0.468. The number of hydrogen-bond acceptors (Lipinski definition) is 4. The maximum atomic E-state index is 13.5. The molecule has 0 spiro atoms. The van der Waals surface area contributed by atoms with Crippen LogP contribution in [-0.4, -0.2) is 48.2 Å². The fourth-order valence-electron chi connectivity index (χ4n) is 4.88. The van der Waals surface area contributed by atoms with Crippen molar-refractivity contribution in [1.82, 2.24) is 10.6 Å². The van der Waals surface area contributed by atoms with Gasteiger partial charge in [-0.15, -0.1) is 0 Å². The van der Waals surface area contributed by atoms with Crippen LogP contribution in [0, 0.1) is 11.8 Å². The normalized spacial score (nSPS) is 20.3. The molecule has 0 radical (unpaired) electrons. The van der Waals surface area contributed by atoms with Gasteiger partial charge in [0.05, 0.1) is 5.92 Å². The molecule has 0 aliphatic heterocycles. The highest BCUT2D eigenvalue weighted by Crippen LogP contribution is 2.54. The molecule has 2 aromatic carbocycles. The molecule has 0 heterocycles. The summed E-state index contributed by atoms with van der Waals surface area (Å²) >= 11 is 0. The number of carboxylic acids is 1. The Morgan fingerprint density at radius 1 is 1.06 bits per heavy atom. The zero-order chi connectivity index (χ0) is 25.2. The van der Waals surface area contributed by atoms with E-state index in [2.05, 4.69) is 10.6 Å². The highest BCUT2D eigenvalue weighted by Gasteiger charge is 2.72. The predicted octanol–water partition coefficient (Wildman–Crippen LogP) is 4.17. The van der Waals surface area contributed by atoms with Crippen LogP contribution in [0.5, 0.6) is 0 Å². The zero-order valence-corrected chi connectivity index (χ0v) is 19.3. The second kappa shape index (κ2) is 10.0. The third kappa shape index (κ3) is 5.13. The van der Waals surface area contributed by atoms with Crippen LogP contribution in [0.2, 0.25) is 0 Å². The summed E-state index contributed by atoms with van der Waals surface area (Å²) in [6.07, 6.45) is 0.407. The smallest absolute Gasteiger partial charge is 0.407 e. The number of hydrogen-bond donors (Lipinski definition) is 3. The van der Waals surface area contributed by atoms with Gasteiger partial charge in [0.1, 0.15) is 12.5 Å². The topological polar surface area (TPSA) is 105 Å². The van der Waals surface area contributed by atoms with E-state index in [1.807, 2.05) is 55.5 Å². The van der Waals surface area contributed by atoms with Gasteiger partial charge in [-0.05, 0) is 28.7 Å². The minimum absolute atomic E-state index is 0.0940. The Balaban J connectivity index is 1.29. The lowest BCUT2D eigenvalue weighted by Gasteiger charge is -2.19. The number of alkyl halides is 2. The first-order valence-corrected chi connectivity index (χ1v) is 11.7. The molecule has 1 fully saturated rings. The fourth-order valence-corrected chi connectivity index (χ4v) is 4.88. The first-order chi connectivity index (χ1) is 16.7. The average Bonchev–Trinajstić information content (AvgIpc) is 3.23. The van der Waals surface area contributed by atoms with Crippen LogP contribution in [0.1, 0.15) is 43.2 Å². The third-order valence-electron chi connectivity index (χ3n) is 6.72. The molecule has 0 bridgehead atoms. The maximum Gasteiger partial charge on any atom is 0.407 e. The van der Waals surface area contributed by atoms with E-state index in [9.17, 15) is 23.2 Å². The lowest BCUT2D eigenvalue weighted by molar-refractivity contribution is -0.141. The van der Waals surface area contributed by atoms with E-state index in [-0.39, 0.29) is 18.9 Å². The molecule has 2 aromatic rings. The summed E-state index contributed by atoms with van der Waals surface area (Å²) in [6, 6.07) is 15.4. The van der Waals surface area contributed by atoms with Gasteiger partial charge in [0, 0.05) is 24.9 Å². The van der Waals surface area contributed by atoms with Gasteiger partial charge in [-0.25, -0.2) is 13.6 Å². The molecule has 7 nitrogen and oxygen atoms in total. The molecule has 35 heavy (non-hydrogen) atoms. The summed E-state index contributed by atoms with van der Waals surface area (Å²) in [5.74, 6) is -8.70. The van der Waals surface area contributed by atoms with Gasteiger partial charge in [0.2, 0.25) is 5.91 Å². The first kappa shape index (κ1) is 24.6. The van der Waals surface area contributed by atoms with E-state index in [4.69, 9.17) is 9.84 Å². The third-order valence-corrected chi connectivity index (χ3v) is 6.72. The molecule has 2 aliphatic carbocycles. The van der Waals surface area contributed by atoms with E-state index in [0.29, 0.717) is 12.8 Å². The Bertz CT molecular complexity index is 1080. The maximum absolute atomic E-state index is 13.5. The van der Waals surface area contributed by atoms with Crippen molar-refractivity contribution in [2.24, 2.45) is 11.8 Å². The number of fused-ring (bicyclic) bond motifs is 3. The van der Waals surface area contributed by atoms with Crippen molar-refractivity contribution in [2.45, 2.75) is 44.1 Å². The average molecular weight is 487 g/mol. The molecule has 4 rings (SSSR count). The van der Waals surface area contributed by atoms with Gasteiger partial charge >= 0.3 is 12.1 Å². The highest BCUT2D eigenvalue weighted by atomic mass is 19.3. The van der Waals surface area contributed by atoms with Crippen LogP contribution in [0.25, 0.3) is 11.1 Å². The van der Waals surface area contributed by atoms with Gasteiger partial charge in [-0.3, -0.25) is 9.59 Å². The van der Waals surface area contributed by atoms with Crippen LogP contribution < -0.4 is 10.6 Å². The summed E-state index contributed by atoms with van der Waals surface area (Å²) in [6.45, 7) is 1.61. The van der Waals surface area contributed by atoms with E-state index < -0.39 is 48.3 Å². The van der Waals surface area contributed by atoms with Crippen molar-refractivity contribution >= 4 is 18.0 Å². The van der Waals surface area contributed by atoms with Gasteiger partial charge in [-0.2, -0.15) is 0 Å². The number of carbonyl (C=O) groups is 3. The molecule has 0 aromatic heterocycles. The standard InChI is InChI=1S/C26H28F2N2O5/c1-2-7-15(12-22(31)29-13-21-23(24(32)33)26(21,27)28)30-25(34)35-14-20-18-10-5-3-8-16(18)17-9-4-6-11-19(17)20/h3-6,8-11,15,20-21,23H,2,7,12-14H2,1H3,(H,29,31)(H,30,34)(H,32,33)/t15-,21?,23?/m1/s1. The molecule has 9 heteroatoms. The van der Waals surface area contributed by atoms with Crippen molar-refractivity contribution in [1.29, 1.82) is 0 Å². The van der Waals surface area contributed by atoms with Crippen molar-refractivity contribution in [2.75, 3.05) is 13.2 Å². The van der Waals surface area contributed by atoms with E-state index in [1.165, 1.54) is 0 Å². The summed E-state index contributed by atoms with van der Waals surface area (Å²) in [5.41, 5.74) is 4.40. The largest absolute Gasteiger partial charge is 0.481 e. The van der Waals surface area contributed by atoms with Crippen molar-refractivity contribution in [3.05, 3.63) is 59.7 Å². The molecule has 3 N–H and O–H groups in total. The van der Waals surface area contributed by atoms with Gasteiger partial charge in [-0.1, -0.05) is 61.9 Å². The van der Waals surface area contributed by atoms with Crippen LogP contribution in [0.3, 0.4) is 0 Å². The molecule has 3 atom stereocenters. The number of benzene rings is 2. The zero-order valence-electron chi connectivity index (χ0n) is 19.3. The second-order valence-electron chi connectivity index (χ2n) is 9.06. The summed E-state index contributed by atoms with van der Waals surface area (Å²) in [5, 5.41) is 13.9. The highest BCUT2D eigenvalue weighted by molar-refractivity contribution is 5.80. The number of amides is 2. The van der Waals surface area contributed by atoms with E-state index in [1.54, 1.807) is 0 Å². The molecular weight excluding hydrogens is 458 g/mol.